The molecule has 0 bridgehead atoms. The zero-order valence-electron chi connectivity index (χ0n) is 11.6. The van der Waals surface area contributed by atoms with Crippen LogP contribution in [0.15, 0.2) is 18.2 Å². The fourth-order valence-corrected chi connectivity index (χ4v) is 2.41. The summed E-state index contributed by atoms with van der Waals surface area (Å²) < 4.78 is 5.07. The van der Waals surface area contributed by atoms with E-state index in [0.717, 1.165) is 12.1 Å². The van der Waals surface area contributed by atoms with E-state index < -0.39 is 0 Å². The summed E-state index contributed by atoms with van der Waals surface area (Å²) in [6.45, 7) is 4.36. The van der Waals surface area contributed by atoms with Crippen LogP contribution < -0.4 is 11.1 Å². The van der Waals surface area contributed by atoms with Crippen LogP contribution in [0.25, 0.3) is 0 Å². The molecule has 1 fully saturated rings. The molecular weight excluding hydrogens is 240 g/mol. The Bertz CT molecular complexity index is 459. The van der Waals surface area contributed by atoms with Crippen molar-refractivity contribution in [1.82, 2.24) is 0 Å². The topological polar surface area (TPSA) is 64.3 Å². The number of nitrogen functional groups attached to an aromatic ring is 1. The van der Waals surface area contributed by atoms with Gasteiger partial charge in [0.2, 0.25) is 0 Å². The number of carbonyl (C=O) groups excluding carboxylic acids is 1. The molecular formula is C15H22N2O2. The molecule has 1 saturated carbocycles. The van der Waals surface area contributed by atoms with Gasteiger partial charge in [-0.3, -0.25) is 0 Å². The summed E-state index contributed by atoms with van der Waals surface area (Å²) in [5.41, 5.74) is 7.84. The Kier molecular flexibility index (Phi) is 4.30. The van der Waals surface area contributed by atoms with Crippen LogP contribution in [0, 0.1) is 5.92 Å². The van der Waals surface area contributed by atoms with Crippen molar-refractivity contribution < 1.29 is 9.53 Å². The van der Waals surface area contributed by atoms with Crippen molar-refractivity contribution in [2.45, 2.75) is 39.2 Å². The van der Waals surface area contributed by atoms with Crippen LogP contribution in [-0.4, -0.2) is 18.6 Å². The van der Waals surface area contributed by atoms with Crippen molar-refractivity contribution >= 4 is 17.3 Å². The summed E-state index contributed by atoms with van der Waals surface area (Å²) in [4.78, 5) is 11.9. The number of ether oxygens (including phenoxy) is 1. The maximum absolute atomic E-state index is 11.9. The molecule has 2 rings (SSSR count). The number of hydrogen-bond acceptors (Lipinski definition) is 4. The van der Waals surface area contributed by atoms with Gasteiger partial charge >= 0.3 is 5.97 Å². The fourth-order valence-electron chi connectivity index (χ4n) is 2.41. The lowest BCUT2D eigenvalue weighted by Crippen LogP contribution is -2.14. The van der Waals surface area contributed by atoms with E-state index in [9.17, 15) is 4.79 Å². The Balaban J connectivity index is 2.12. The van der Waals surface area contributed by atoms with Gasteiger partial charge in [-0.2, -0.15) is 0 Å². The molecule has 0 radical (unpaired) electrons. The molecule has 104 valence electrons. The molecule has 1 aromatic rings. The monoisotopic (exact) mass is 262 g/mol. The summed E-state index contributed by atoms with van der Waals surface area (Å²) in [5, 5.41) is 3.40. The number of hydrogen-bond donors (Lipinski definition) is 2. The van der Waals surface area contributed by atoms with Gasteiger partial charge in [-0.15, -0.1) is 0 Å². The SMILES string of the molecule is CCCC1CC1Nc1c(N)cccc1C(=O)OCC. The van der Waals surface area contributed by atoms with E-state index in [1.807, 2.05) is 6.07 Å². The lowest BCUT2D eigenvalue weighted by atomic mass is 10.1. The van der Waals surface area contributed by atoms with Crippen molar-refractivity contribution in [1.29, 1.82) is 0 Å². The molecule has 19 heavy (non-hydrogen) atoms. The summed E-state index contributed by atoms with van der Waals surface area (Å²) in [6, 6.07) is 5.79. The molecule has 0 aliphatic heterocycles. The van der Waals surface area contributed by atoms with Gasteiger partial charge < -0.3 is 15.8 Å². The van der Waals surface area contributed by atoms with Gasteiger partial charge in [0.1, 0.15) is 0 Å². The zero-order chi connectivity index (χ0) is 13.8. The highest BCUT2D eigenvalue weighted by Gasteiger charge is 2.36. The second-order valence-electron chi connectivity index (χ2n) is 5.03. The van der Waals surface area contributed by atoms with E-state index in [4.69, 9.17) is 10.5 Å². The largest absolute Gasteiger partial charge is 0.462 e. The van der Waals surface area contributed by atoms with Crippen molar-refractivity contribution in [3.63, 3.8) is 0 Å². The minimum absolute atomic E-state index is 0.315. The van der Waals surface area contributed by atoms with Crippen LogP contribution in [0.3, 0.4) is 0 Å². The van der Waals surface area contributed by atoms with Gasteiger partial charge in [-0.1, -0.05) is 19.4 Å². The highest BCUT2D eigenvalue weighted by Crippen LogP contribution is 2.39. The number of benzene rings is 1. The minimum Gasteiger partial charge on any atom is -0.462 e. The Morgan fingerprint density at radius 2 is 2.26 bits per heavy atom. The molecule has 0 heterocycles. The highest BCUT2D eigenvalue weighted by molar-refractivity contribution is 5.99. The molecule has 3 N–H and O–H groups in total. The zero-order valence-corrected chi connectivity index (χ0v) is 11.6. The first-order valence-corrected chi connectivity index (χ1v) is 6.99. The second kappa shape index (κ2) is 5.95. The third-order valence-electron chi connectivity index (χ3n) is 3.50. The summed E-state index contributed by atoms with van der Waals surface area (Å²) in [7, 11) is 0. The molecule has 1 aliphatic carbocycles. The molecule has 0 saturated heterocycles. The number of rotatable bonds is 6. The maximum Gasteiger partial charge on any atom is 0.340 e. The molecule has 1 aromatic carbocycles. The Morgan fingerprint density at radius 3 is 2.95 bits per heavy atom. The van der Waals surface area contributed by atoms with E-state index in [0.29, 0.717) is 29.8 Å². The first-order valence-electron chi connectivity index (χ1n) is 6.99. The number of esters is 1. The molecule has 4 nitrogen and oxygen atoms in total. The van der Waals surface area contributed by atoms with Crippen LogP contribution in [0.1, 0.15) is 43.5 Å². The number of nitrogens with one attached hydrogen (secondary N) is 1. The standard InChI is InChI=1S/C15H22N2O2/c1-3-6-10-9-13(10)17-14-11(15(18)19-4-2)7-5-8-12(14)16/h5,7-8,10,13,17H,3-4,6,9,16H2,1-2H3. The molecule has 4 heteroatoms. The Morgan fingerprint density at radius 1 is 1.47 bits per heavy atom. The predicted molar refractivity (Wildman–Crippen MR) is 77.2 cm³/mol. The quantitative estimate of drug-likeness (QED) is 0.611. The highest BCUT2D eigenvalue weighted by atomic mass is 16.5. The third kappa shape index (κ3) is 3.19. The van der Waals surface area contributed by atoms with Gasteiger partial charge in [0.15, 0.2) is 0 Å². The number of para-hydroxylation sites is 1. The van der Waals surface area contributed by atoms with Crippen LogP contribution in [-0.2, 0) is 4.74 Å². The van der Waals surface area contributed by atoms with Crippen molar-refractivity contribution in [2.24, 2.45) is 5.92 Å². The van der Waals surface area contributed by atoms with Gasteiger partial charge in [0, 0.05) is 6.04 Å². The maximum atomic E-state index is 11.9. The van der Waals surface area contributed by atoms with Gasteiger partial charge in [-0.25, -0.2) is 4.79 Å². The fraction of sp³-hybridized carbons (Fsp3) is 0.533. The van der Waals surface area contributed by atoms with Crippen molar-refractivity contribution in [3.8, 4) is 0 Å². The summed E-state index contributed by atoms with van der Waals surface area (Å²) >= 11 is 0. The Labute approximate surface area is 114 Å². The number of anilines is 2. The number of nitrogens with two attached hydrogens (primary N) is 1. The van der Waals surface area contributed by atoms with E-state index >= 15 is 0 Å². The van der Waals surface area contributed by atoms with Crippen molar-refractivity contribution in [3.05, 3.63) is 23.8 Å². The minimum atomic E-state index is -0.315. The lowest BCUT2D eigenvalue weighted by molar-refractivity contribution is 0.0527. The van der Waals surface area contributed by atoms with E-state index in [2.05, 4.69) is 12.2 Å². The lowest BCUT2D eigenvalue weighted by Gasteiger charge is -2.13. The Hall–Kier alpha value is -1.71. The van der Waals surface area contributed by atoms with Crippen LogP contribution in [0.4, 0.5) is 11.4 Å². The van der Waals surface area contributed by atoms with Gasteiger partial charge in [-0.05, 0) is 37.8 Å². The van der Waals surface area contributed by atoms with Gasteiger partial charge in [0.25, 0.3) is 0 Å². The van der Waals surface area contributed by atoms with Crippen LogP contribution >= 0.6 is 0 Å². The average molecular weight is 262 g/mol. The molecule has 0 amide bonds. The third-order valence-corrected chi connectivity index (χ3v) is 3.50. The molecule has 2 unspecified atom stereocenters. The molecule has 2 atom stereocenters. The average Bonchev–Trinajstić information content (AvgIpc) is 3.11. The number of carbonyl (C=O) groups is 1. The normalized spacial score (nSPS) is 20.9. The summed E-state index contributed by atoms with van der Waals surface area (Å²) in [5.74, 6) is 0.393. The smallest absolute Gasteiger partial charge is 0.340 e. The van der Waals surface area contributed by atoms with Gasteiger partial charge in [0.05, 0.1) is 23.5 Å². The van der Waals surface area contributed by atoms with Crippen LogP contribution in [0.5, 0.6) is 0 Å². The molecule has 0 aromatic heterocycles. The molecule has 0 spiro atoms. The first kappa shape index (κ1) is 13.7. The van der Waals surface area contributed by atoms with Crippen LogP contribution in [0.2, 0.25) is 0 Å². The predicted octanol–water partition coefficient (Wildman–Crippen LogP) is 3.05. The summed E-state index contributed by atoms with van der Waals surface area (Å²) in [6.07, 6.45) is 3.57. The molecule has 1 aliphatic rings. The van der Waals surface area contributed by atoms with E-state index in [-0.39, 0.29) is 5.97 Å². The first-order chi connectivity index (χ1) is 9.17. The van der Waals surface area contributed by atoms with E-state index in [1.54, 1.807) is 19.1 Å². The van der Waals surface area contributed by atoms with E-state index in [1.165, 1.54) is 12.8 Å². The van der Waals surface area contributed by atoms with Crippen molar-refractivity contribution in [2.75, 3.05) is 17.7 Å². The second-order valence-corrected chi connectivity index (χ2v) is 5.03.